The third kappa shape index (κ3) is 3.16. The highest BCUT2D eigenvalue weighted by molar-refractivity contribution is 5.98. The third-order valence-electron chi connectivity index (χ3n) is 3.04. The number of benzene rings is 1. The molecule has 0 bridgehead atoms. The minimum absolute atomic E-state index is 0.230. The van der Waals surface area contributed by atoms with E-state index in [2.05, 4.69) is 0 Å². The van der Waals surface area contributed by atoms with Gasteiger partial charge in [-0.2, -0.15) is 0 Å². The van der Waals surface area contributed by atoms with Gasteiger partial charge in [0.15, 0.2) is 0 Å². The Morgan fingerprint density at radius 1 is 1.42 bits per heavy atom. The molecule has 1 N–H and O–H groups in total. The number of aryl methyl sites for hydroxylation is 1. The maximum absolute atomic E-state index is 11.9. The molecule has 0 amide bonds. The van der Waals surface area contributed by atoms with Crippen LogP contribution in [-0.2, 0) is 21.2 Å². The van der Waals surface area contributed by atoms with Crippen LogP contribution in [0.2, 0.25) is 0 Å². The Hall–Kier alpha value is -1.33. The van der Waals surface area contributed by atoms with E-state index in [1.807, 2.05) is 20.8 Å². The van der Waals surface area contributed by atoms with E-state index in [1.54, 1.807) is 13.0 Å². The Kier molecular flexibility index (Phi) is 4.76. The van der Waals surface area contributed by atoms with E-state index in [0.717, 1.165) is 11.1 Å². The largest absolute Gasteiger partial charge is 0.507 e. The van der Waals surface area contributed by atoms with Gasteiger partial charge in [-0.3, -0.25) is 0 Å². The predicted octanol–water partition coefficient (Wildman–Crippen LogP) is 1.58. The second-order valence-electron chi connectivity index (χ2n) is 5.62. The molecule has 5 heteroatoms. The zero-order valence-electron chi connectivity index (χ0n) is 12.5. The van der Waals surface area contributed by atoms with Gasteiger partial charge in [-0.15, -0.1) is 0 Å². The van der Waals surface area contributed by atoms with Gasteiger partial charge < -0.3 is 14.3 Å². The number of hydrogen-bond acceptors (Lipinski definition) is 4. The molecule has 1 aromatic rings. The standard InChI is InChI=1S/C14H22O4Si/c1-8-6-9(13(16)17-5)10(7-18-19)11(12(8)15)14(2,3)4/h6,15H,7H2,1-5,19H3. The number of ether oxygens (including phenoxy) is 1. The van der Waals surface area contributed by atoms with Gasteiger partial charge in [-0.1, -0.05) is 20.8 Å². The highest BCUT2D eigenvalue weighted by atomic mass is 28.2. The Bertz CT molecular complexity index is 489. The topological polar surface area (TPSA) is 55.8 Å². The van der Waals surface area contributed by atoms with E-state index >= 15 is 0 Å². The zero-order valence-corrected chi connectivity index (χ0v) is 14.5. The Morgan fingerprint density at radius 2 is 2.00 bits per heavy atom. The summed E-state index contributed by atoms with van der Waals surface area (Å²) < 4.78 is 10.1. The number of phenols is 1. The molecular weight excluding hydrogens is 260 g/mol. The second kappa shape index (κ2) is 5.75. The molecule has 0 aromatic heterocycles. The van der Waals surface area contributed by atoms with Crippen molar-refractivity contribution in [3.05, 3.63) is 28.3 Å². The van der Waals surface area contributed by atoms with Gasteiger partial charge in [-0.25, -0.2) is 4.79 Å². The lowest BCUT2D eigenvalue weighted by Crippen LogP contribution is -2.19. The summed E-state index contributed by atoms with van der Waals surface area (Å²) in [5.74, 6) is -0.170. The van der Waals surface area contributed by atoms with Crippen molar-refractivity contribution >= 4 is 16.5 Å². The molecule has 19 heavy (non-hydrogen) atoms. The number of esters is 1. The summed E-state index contributed by atoms with van der Waals surface area (Å²) in [6, 6.07) is 1.66. The van der Waals surface area contributed by atoms with E-state index in [1.165, 1.54) is 7.11 Å². The maximum Gasteiger partial charge on any atom is 0.338 e. The third-order valence-corrected chi connectivity index (χ3v) is 3.33. The summed E-state index contributed by atoms with van der Waals surface area (Å²) >= 11 is 0. The predicted molar refractivity (Wildman–Crippen MR) is 77.6 cm³/mol. The minimum Gasteiger partial charge on any atom is -0.507 e. The van der Waals surface area contributed by atoms with E-state index in [9.17, 15) is 9.90 Å². The maximum atomic E-state index is 11.9. The van der Waals surface area contributed by atoms with Crippen molar-refractivity contribution in [1.82, 2.24) is 0 Å². The first kappa shape index (κ1) is 15.7. The Balaban J connectivity index is 3.67. The lowest BCUT2D eigenvalue weighted by atomic mass is 9.80. The summed E-state index contributed by atoms with van der Waals surface area (Å²) in [5, 5.41) is 10.3. The van der Waals surface area contributed by atoms with Crippen molar-refractivity contribution in [2.24, 2.45) is 0 Å². The molecule has 0 heterocycles. The van der Waals surface area contributed by atoms with Gasteiger partial charge in [0, 0.05) is 5.56 Å². The highest BCUT2D eigenvalue weighted by Gasteiger charge is 2.28. The quantitative estimate of drug-likeness (QED) is 0.675. The molecule has 0 spiro atoms. The van der Waals surface area contributed by atoms with Crippen LogP contribution in [0.15, 0.2) is 6.07 Å². The van der Waals surface area contributed by atoms with Gasteiger partial charge in [0.1, 0.15) is 16.2 Å². The number of carbonyl (C=O) groups is 1. The van der Waals surface area contributed by atoms with Crippen LogP contribution in [0.3, 0.4) is 0 Å². The zero-order chi connectivity index (χ0) is 14.8. The van der Waals surface area contributed by atoms with Crippen LogP contribution in [0, 0.1) is 6.92 Å². The molecule has 0 unspecified atom stereocenters. The first-order valence-electron chi connectivity index (χ1n) is 6.17. The van der Waals surface area contributed by atoms with Crippen molar-refractivity contribution in [3.63, 3.8) is 0 Å². The second-order valence-corrected chi connectivity index (χ2v) is 6.20. The van der Waals surface area contributed by atoms with E-state index < -0.39 is 5.97 Å². The van der Waals surface area contributed by atoms with Gasteiger partial charge in [0.05, 0.1) is 19.3 Å². The minimum atomic E-state index is -0.401. The smallest absolute Gasteiger partial charge is 0.338 e. The molecule has 0 saturated carbocycles. The van der Waals surface area contributed by atoms with Gasteiger partial charge in [-0.05, 0) is 29.5 Å². The lowest BCUT2D eigenvalue weighted by molar-refractivity contribution is 0.0597. The molecule has 0 fully saturated rings. The molecule has 1 aromatic carbocycles. The fourth-order valence-electron chi connectivity index (χ4n) is 2.24. The Labute approximate surface area is 117 Å². The number of phenolic OH excluding ortho intramolecular Hbond substituents is 1. The molecule has 106 valence electrons. The van der Waals surface area contributed by atoms with Crippen LogP contribution < -0.4 is 0 Å². The number of aromatic hydroxyl groups is 1. The van der Waals surface area contributed by atoms with Gasteiger partial charge >= 0.3 is 5.97 Å². The molecule has 0 aliphatic carbocycles. The van der Waals surface area contributed by atoms with Crippen LogP contribution in [-0.4, -0.2) is 28.7 Å². The van der Waals surface area contributed by atoms with Crippen molar-refractivity contribution in [1.29, 1.82) is 0 Å². The molecule has 0 aliphatic rings. The molecule has 0 aliphatic heterocycles. The first-order valence-corrected chi connectivity index (χ1v) is 6.98. The normalized spacial score (nSPS) is 11.6. The van der Waals surface area contributed by atoms with E-state index in [4.69, 9.17) is 9.16 Å². The molecule has 4 nitrogen and oxygen atoms in total. The number of methoxy groups -OCH3 is 1. The SMILES string of the molecule is COC(=O)c1cc(C)c(O)c(C(C)(C)C)c1CO[SiH3]. The summed E-state index contributed by atoms with van der Waals surface area (Å²) in [6.45, 7) is 8.09. The average Bonchev–Trinajstić information content (AvgIpc) is 2.31. The molecule has 0 saturated heterocycles. The Morgan fingerprint density at radius 3 is 2.42 bits per heavy atom. The number of carbonyl (C=O) groups excluding carboxylic acids is 1. The summed E-state index contributed by atoms with van der Waals surface area (Å²) in [6.07, 6.45) is 0. The van der Waals surface area contributed by atoms with Crippen LogP contribution in [0.1, 0.15) is 47.8 Å². The van der Waals surface area contributed by atoms with Gasteiger partial charge in [0.2, 0.25) is 0 Å². The van der Waals surface area contributed by atoms with Crippen LogP contribution in [0.4, 0.5) is 0 Å². The average molecular weight is 282 g/mol. The number of rotatable bonds is 3. The van der Waals surface area contributed by atoms with E-state index in [0.29, 0.717) is 28.2 Å². The monoisotopic (exact) mass is 282 g/mol. The summed E-state index contributed by atoms with van der Waals surface area (Å²) in [4.78, 5) is 11.9. The molecule has 0 atom stereocenters. The van der Waals surface area contributed by atoms with Crippen LogP contribution >= 0.6 is 0 Å². The fourth-order valence-corrected chi connectivity index (χ4v) is 2.53. The van der Waals surface area contributed by atoms with Crippen molar-refractivity contribution in [2.75, 3.05) is 7.11 Å². The van der Waals surface area contributed by atoms with Crippen LogP contribution in [0.25, 0.3) is 0 Å². The fraction of sp³-hybridized carbons (Fsp3) is 0.500. The molecule has 0 radical (unpaired) electrons. The molecule has 1 rings (SSSR count). The molecular formula is C14H22O4Si. The lowest BCUT2D eigenvalue weighted by Gasteiger charge is -2.26. The van der Waals surface area contributed by atoms with Crippen molar-refractivity contribution in [3.8, 4) is 5.75 Å². The highest BCUT2D eigenvalue weighted by Crippen LogP contribution is 2.38. The summed E-state index contributed by atoms with van der Waals surface area (Å²) in [5.41, 5.74) is 2.33. The number of hydrogen-bond donors (Lipinski definition) is 1. The van der Waals surface area contributed by atoms with Crippen LogP contribution in [0.5, 0.6) is 5.75 Å². The van der Waals surface area contributed by atoms with Gasteiger partial charge in [0.25, 0.3) is 0 Å². The van der Waals surface area contributed by atoms with Crippen molar-refractivity contribution < 1.29 is 19.1 Å². The summed E-state index contributed by atoms with van der Waals surface area (Å²) in [7, 11) is 1.92. The van der Waals surface area contributed by atoms with E-state index in [-0.39, 0.29) is 11.2 Å². The first-order chi connectivity index (χ1) is 8.73. The van der Waals surface area contributed by atoms with Crippen molar-refractivity contribution in [2.45, 2.75) is 39.7 Å².